The van der Waals surface area contributed by atoms with Gasteiger partial charge in [0.05, 0.1) is 5.92 Å². The van der Waals surface area contributed by atoms with Gasteiger partial charge in [-0.25, -0.2) is 0 Å². The number of piperidine rings is 1. The first-order valence-corrected chi connectivity index (χ1v) is 7.67. The average molecular weight is 294 g/mol. The Morgan fingerprint density at radius 2 is 1.70 bits per heavy atom. The van der Waals surface area contributed by atoms with Gasteiger partial charge in [-0.15, -0.1) is 0 Å². The van der Waals surface area contributed by atoms with Crippen LogP contribution in [0.15, 0.2) is 0 Å². The Bertz CT molecular complexity index is 276. The molecule has 1 saturated heterocycles. The standard InChI is InChI=1S/C15H29F3N2/c1-5-8-19-13(14(2,3)4)11-20-9-6-12(7-10-20)15(16,17)18/h12-13,19H,5-11H2,1-4H3. The number of rotatable bonds is 5. The van der Waals surface area contributed by atoms with Gasteiger partial charge in [0, 0.05) is 12.6 Å². The van der Waals surface area contributed by atoms with Crippen molar-refractivity contribution in [3.8, 4) is 0 Å². The lowest BCUT2D eigenvalue weighted by Gasteiger charge is -2.39. The van der Waals surface area contributed by atoms with E-state index < -0.39 is 12.1 Å². The fraction of sp³-hybridized carbons (Fsp3) is 1.00. The predicted molar refractivity (Wildman–Crippen MR) is 76.8 cm³/mol. The minimum atomic E-state index is -4.02. The fourth-order valence-electron chi connectivity index (χ4n) is 2.66. The normalized spacial score (nSPS) is 21.1. The van der Waals surface area contributed by atoms with Gasteiger partial charge in [-0.2, -0.15) is 13.2 Å². The van der Waals surface area contributed by atoms with Gasteiger partial charge in [-0.05, 0) is 44.3 Å². The Kier molecular flexibility index (Phi) is 6.32. The average Bonchev–Trinajstić information content (AvgIpc) is 2.32. The lowest BCUT2D eigenvalue weighted by Crippen LogP contribution is -2.51. The number of alkyl halides is 3. The summed E-state index contributed by atoms with van der Waals surface area (Å²) in [6, 6.07) is 0.324. The molecule has 5 heteroatoms. The molecule has 0 aromatic heterocycles. The molecule has 1 fully saturated rings. The number of likely N-dealkylation sites (tertiary alicyclic amines) is 1. The monoisotopic (exact) mass is 294 g/mol. The molecule has 0 spiro atoms. The van der Waals surface area contributed by atoms with E-state index in [1.165, 1.54) is 0 Å². The fourth-order valence-corrected chi connectivity index (χ4v) is 2.66. The van der Waals surface area contributed by atoms with Crippen LogP contribution in [0, 0.1) is 11.3 Å². The van der Waals surface area contributed by atoms with Gasteiger partial charge in [-0.1, -0.05) is 27.7 Å². The zero-order valence-electron chi connectivity index (χ0n) is 13.2. The van der Waals surface area contributed by atoms with Crippen LogP contribution < -0.4 is 5.32 Å². The van der Waals surface area contributed by atoms with Gasteiger partial charge in [0.1, 0.15) is 0 Å². The first kappa shape index (κ1) is 17.8. The van der Waals surface area contributed by atoms with Gasteiger partial charge in [0.2, 0.25) is 0 Å². The van der Waals surface area contributed by atoms with E-state index in [-0.39, 0.29) is 18.3 Å². The van der Waals surface area contributed by atoms with E-state index in [1.54, 1.807) is 0 Å². The zero-order valence-corrected chi connectivity index (χ0v) is 13.2. The van der Waals surface area contributed by atoms with Crippen LogP contribution in [-0.4, -0.2) is 43.3 Å². The van der Waals surface area contributed by atoms with E-state index in [0.29, 0.717) is 19.1 Å². The second-order valence-electron chi connectivity index (χ2n) is 6.99. The summed E-state index contributed by atoms with van der Waals surface area (Å²) in [6.45, 7) is 11.6. The molecular formula is C15H29F3N2. The van der Waals surface area contributed by atoms with Crippen LogP contribution in [0.5, 0.6) is 0 Å². The molecule has 0 aromatic rings. The highest BCUT2D eigenvalue weighted by atomic mass is 19.4. The second-order valence-corrected chi connectivity index (χ2v) is 6.99. The minimum Gasteiger partial charge on any atom is -0.312 e. The summed E-state index contributed by atoms with van der Waals surface area (Å²) in [5.41, 5.74) is 0.121. The van der Waals surface area contributed by atoms with E-state index in [4.69, 9.17) is 0 Å². The summed E-state index contributed by atoms with van der Waals surface area (Å²) < 4.78 is 38.0. The lowest BCUT2D eigenvalue weighted by atomic mass is 9.85. The molecule has 0 bridgehead atoms. The van der Waals surface area contributed by atoms with Crippen molar-refractivity contribution in [3.63, 3.8) is 0 Å². The Morgan fingerprint density at radius 1 is 1.15 bits per heavy atom. The molecule has 0 saturated carbocycles. The molecule has 1 N–H and O–H groups in total. The maximum atomic E-state index is 12.7. The maximum absolute atomic E-state index is 12.7. The largest absolute Gasteiger partial charge is 0.391 e. The molecule has 1 aliphatic heterocycles. The number of hydrogen-bond donors (Lipinski definition) is 1. The minimum absolute atomic E-state index is 0.121. The van der Waals surface area contributed by atoms with E-state index in [1.807, 2.05) is 0 Å². The summed E-state index contributed by atoms with van der Waals surface area (Å²) >= 11 is 0. The Morgan fingerprint density at radius 3 is 2.10 bits per heavy atom. The van der Waals surface area contributed by atoms with Crippen LogP contribution in [0.3, 0.4) is 0 Å². The van der Waals surface area contributed by atoms with E-state index in [0.717, 1.165) is 19.5 Å². The summed E-state index contributed by atoms with van der Waals surface area (Å²) in [5.74, 6) is -1.10. The smallest absolute Gasteiger partial charge is 0.312 e. The quantitative estimate of drug-likeness (QED) is 0.832. The SMILES string of the molecule is CCCNC(CN1CCC(C(F)(F)F)CC1)C(C)(C)C. The summed E-state index contributed by atoms with van der Waals surface area (Å²) in [4.78, 5) is 2.18. The van der Waals surface area contributed by atoms with Crippen molar-refractivity contribution < 1.29 is 13.2 Å². The topological polar surface area (TPSA) is 15.3 Å². The second kappa shape index (κ2) is 7.12. The van der Waals surface area contributed by atoms with Crippen LogP contribution in [0.25, 0.3) is 0 Å². The number of nitrogens with zero attached hydrogens (tertiary/aromatic N) is 1. The molecule has 0 aliphatic carbocycles. The third-order valence-electron chi connectivity index (χ3n) is 4.18. The molecule has 1 rings (SSSR count). The number of hydrogen-bond acceptors (Lipinski definition) is 2. The number of nitrogens with one attached hydrogen (secondary N) is 1. The molecule has 120 valence electrons. The molecular weight excluding hydrogens is 265 g/mol. The predicted octanol–water partition coefficient (Wildman–Crippen LogP) is 3.68. The third kappa shape index (κ3) is 5.60. The lowest BCUT2D eigenvalue weighted by molar-refractivity contribution is -0.185. The van der Waals surface area contributed by atoms with Crippen LogP contribution in [-0.2, 0) is 0 Å². The highest BCUT2D eigenvalue weighted by Gasteiger charge is 2.41. The van der Waals surface area contributed by atoms with Gasteiger partial charge >= 0.3 is 6.18 Å². The van der Waals surface area contributed by atoms with Crippen molar-refractivity contribution in [2.45, 2.75) is 59.2 Å². The third-order valence-corrected chi connectivity index (χ3v) is 4.18. The summed E-state index contributed by atoms with van der Waals surface area (Å²) in [6.07, 6.45) is -2.46. The van der Waals surface area contributed by atoms with E-state index in [9.17, 15) is 13.2 Å². The summed E-state index contributed by atoms with van der Waals surface area (Å²) in [5, 5.41) is 3.53. The van der Waals surface area contributed by atoms with Gasteiger partial charge in [0.15, 0.2) is 0 Å². The summed E-state index contributed by atoms with van der Waals surface area (Å²) in [7, 11) is 0. The van der Waals surface area contributed by atoms with E-state index in [2.05, 4.69) is 37.9 Å². The van der Waals surface area contributed by atoms with Crippen LogP contribution in [0.1, 0.15) is 47.0 Å². The van der Waals surface area contributed by atoms with Crippen molar-refractivity contribution in [1.82, 2.24) is 10.2 Å². The molecule has 1 unspecified atom stereocenters. The highest BCUT2D eigenvalue weighted by molar-refractivity contribution is 4.86. The maximum Gasteiger partial charge on any atom is 0.391 e. The molecule has 0 amide bonds. The van der Waals surface area contributed by atoms with Crippen molar-refractivity contribution in [3.05, 3.63) is 0 Å². The van der Waals surface area contributed by atoms with Crippen molar-refractivity contribution >= 4 is 0 Å². The molecule has 0 radical (unpaired) electrons. The van der Waals surface area contributed by atoms with Gasteiger partial charge in [-0.3, -0.25) is 0 Å². The first-order valence-electron chi connectivity index (χ1n) is 7.67. The molecule has 1 heterocycles. The Balaban J connectivity index is 2.47. The molecule has 0 aromatic carbocycles. The number of halogens is 3. The van der Waals surface area contributed by atoms with Crippen molar-refractivity contribution in [1.29, 1.82) is 0 Å². The van der Waals surface area contributed by atoms with Gasteiger partial charge < -0.3 is 10.2 Å². The van der Waals surface area contributed by atoms with Crippen molar-refractivity contribution in [2.24, 2.45) is 11.3 Å². The highest BCUT2D eigenvalue weighted by Crippen LogP contribution is 2.34. The van der Waals surface area contributed by atoms with E-state index >= 15 is 0 Å². The molecule has 20 heavy (non-hydrogen) atoms. The molecule has 1 aliphatic rings. The van der Waals surface area contributed by atoms with Crippen molar-refractivity contribution in [2.75, 3.05) is 26.2 Å². The van der Waals surface area contributed by atoms with Crippen LogP contribution in [0.2, 0.25) is 0 Å². The first-order chi connectivity index (χ1) is 9.14. The molecule has 2 nitrogen and oxygen atoms in total. The zero-order chi connectivity index (χ0) is 15.4. The Labute approximate surface area is 121 Å². The Hall–Kier alpha value is -0.290. The van der Waals surface area contributed by atoms with Crippen LogP contribution in [0.4, 0.5) is 13.2 Å². The molecule has 1 atom stereocenters. The van der Waals surface area contributed by atoms with Crippen LogP contribution >= 0.6 is 0 Å². The van der Waals surface area contributed by atoms with Gasteiger partial charge in [0.25, 0.3) is 0 Å².